The molecule has 5 nitrogen and oxygen atoms in total. The highest BCUT2D eigenvalue weighted by molar-refractivity contribution is 7.98. The summed E-state index contributed by atoms with van der Waals surface area (Å²) in [6.07, 6.45) is 1.92. The molecule has 0 amide bonds. The van der Waals surface area contributed by atoms with E-state index in [-0.39, 0.29) is 0 Å². The summed E-state index contributed by atoms with van der Waals surface area (Å²) < 4.78 is 6.37. The van der Waals surface area contributed by atoms with Crippen LogP contribution in [0.5, 0.6) is 0 Å². The van der Waals surface area contributed by atoms with E-state index in [4.69, 9.17) is 4.52 Å². The minimum atomic E-state index is -0.778. The Morgan fingerprint density at radius 3 is 2.69 bits per heavy atom. The molecule has 0 bridgehead atoms. The lowest BCUT2D eigenvalue weighted by atomic mass is 10.3. The van der Waals surface area contributed by atoms with Crippen LogP contribution in [0.1, 0.15) is 0 Å². The van der Waals surface area contributed by atoms with Crippen LogP contribution in [0.15, 0.2) is 43.3 Å². The van der Waals surface area contributed by atoms with Crippen LogP contribution in [0, 0.1) is 7.05 Å². The molecule has 0 atom stereocenters. The zero-order valence-electron chi connectivity index (χ0n) is 8.54. The summed E-state index contributed by atoms with van der Waals surface area (Å²) in [5.41, 5.74) is -0.0837. The first-order chi connectivity index (χ1) is 7.63. The first-order valence-corrected chi connectivity index (χ1v) is 5.66. The van der Waals surface area contributed by atoms with E-state index in [1.165, 1.54) is 11.8 Å². The molecule has 0 aliphatic carbocycles. The third kappa shape index (κ3) is 1.71. The van der Waals surface area contributed by atoms with Crippen molar-refractivity contribution in [2.45, 2.75) is 4.90 Å². The fourth-order valence-corrected chi connectivity index (χ4v) is 1.71. The van der Waals surface area contributed by atoms with Gasteiger partial charge in [-0.3, -0.25) is 0 Å². The van der Waals surface area contributed by atoms with Crippen LogP contribution in [0.2, 0.25) is 0 Å². The molecule has 0 saturated heterocycles. The third-order valence-corrected chi connectivity index (χ3v) is 2.81. The van der Waals surface area contributed by atoms with Gasteiger partial charge in [0.25, 0.3) is 0 Å². The Morgan fingerprint density at radius 1 is 1.38 bits per heavy atom. The number of aromatic nitrogens is 2. The molecule has 1 radical (unpaired) electrons. The quantitative estimate of drug-likeness (QED) is 0.730. The summed E-state index contributed by atoms with van der Waals surface area (Å²) in [5, 5.41) is 0. The number of rotatable bonds is 2. The number of thioether (sulfide) groups is 1. The topological polar surface area (TPSA) is 57.1 Å². The van der Waals surface area contributed by atoms with E-state index < -0.39 is 11.4 Å². The number of nitrogens with zero attached hydrogens (tertiary/aromatic N) is 2. The van der Waals surface area contributed by atoms with E-state index in [9.17, 15) is 9.59 Å². The Hall–Kier alpha value is -1.69. The molecule has 2 aromatic rings. The van der Waals surface area contributed by atoms with Gasteiger partial charge in [-0.1, -0.05) is 6.07 Å². The van der Waals surface area contributed by atoms with Gasteiger partial charge in [0.05, 0.1) is 12.7 Å². The van der Waals surface area contributed by atoms with Crippen molar-refractivity contribution in [3.8, 4) is 5.69 Å². The molecule has 0 spiro atoms. The fourth-order valence-electron chi connectivity index (χ4n) is 1.25. The average Bonchev–Trinajstić information content (AvgIpc) is 2.57. The highest BCUT2D eigenvalue weighted by Crippen LogP contribution is 2.17. The van der Waals surface area contributed by atoms with Gasteiger partial charge < -0.3 is 4.52 Å². The molecule has 83 valence electrons. The second-order valence-electron chi connectivity index (χ2n) is 3.06. The Kier molecular flexibility index (Phi) is 2.74. The van der Waals surface area contributed by atoms with Gasteiger partial charge in [0.2, 0.25) is 0 Å². The number of hydrogen-bond acceptors (Lipinski definition) is 4. The fraction of sp³-hybridized carbons (Fsp3) is 0.100. The molecule has 1 heterocycles. The Labute approximate surface area is 95.3 Å². The largest absolute Gasteiger partial charge is 0.443 e. The second kappa shape index (κ2) is 4.05. The monoisotopic (exact) mass is 237 g/mol. The minimum absolute atomic E-state index is 0.511. The Bertz CT molecular complexity index is 623. The van der Waals surface area contributed by atoms with Gasteiger partial charge in [0, 0.05) is 4.90 Å². The maximum Gasteiger partial charge on any atom is 0.443 e. The van der Waals surface area contributed by atoms with E-state index >= 15 is 0 Å². The maximum atomic E-state index is 11.6. The summed E-state index contributed by atoms with van der Waals surface area (Å²) in [4.78, 5) is 23.6. The molecule has 1 aromatic carbocycles. The lowest BCUT2D eigenvalue weighted by molar-refractivity contribution is 0.313. The molecule has 2 rings (SSSR count). The van der Waals surface area contributed by atoms with Gasteiger partial charge in [0.1, 0.15) is 0 Å². The molecule has 0 aliphatic heterocycles. The summed E-state index contributed by atoms with van der Waals surface area (Å²) >= 11 is 1.54. The minimum Gasteiger partial charge on any atom is -0.312 e. The normalized spacial score (nSPS) is 10.6. The predicted octanol–water partition coefficient (Wildman–Crippen LogP) is 0.954. The van der Waals surface area contributed by atoms with Gasteiger partial charge in [0.15, 0.2) is 0 Å². The maximum absolute atomic E-state index is 11.6. The van der Waals surface area contributed by atoms with E-state index in [2.05, 4.69) is 7.05 Å². The molecule has 0 N–H and O–H groups in total. The first-order valence-electron chi connectivity index (χ1n) is 4.44. The van der Waals surface area contributed by atoms with Crippen molar-refractivity contribution in [1.29, 1.82) is 0 Å². The van der Waals surface area contributed by atoms with Gasteiger partial charge >= 0.3 is 11.4 Å². The van der Waals surface area contributed by atoms with Crippen LogP contribution in [0.4, 0.5) is 0 Å². The highest BCUT2D eigenvalue weighted by Gasteiger charge is 2.09. The van der Waals surface area contributed by atoms with E-state index in [0.717, 1.165) is 9.64 Å². The lowest BCUT2D eigenvalue weighted by Crippen LogP contribution is -2.23. The molecule has 0 saturated carbocycles. The van der Waals surface area contributed by atoms with Crippen molar-refractivity contribution in [2.24, 2.45) is 0 Å². The SMILES string of the molecule is [CH2]n1c(=O)on(-c2cccc(SC)c2)c1=O. The Balaban J connectivity index is 2.63. The summed E-state index contributed by atoms with van der Waals surface area (Å²) in [6, 6.07) is 7.13. The number of benzene rings is 1. The molecule has 1 aromatic heterocycles. The number of hydrogen-bond donors (Lipinski definition) is 0. The predicted molar refractivity (Wildman–Crippen MR) is 61.1 cm³/mol. The summed E-state index contributed by atoms with van der Waals surface area (Å²) in [7, 11) is 3.28. The smallest absolute Gasteiger partial charge is 0.312 e. The van der Waals surface area contributed by atoms with E-state index in [0.29, 0.717) is 10.3 Å². The molecule has 6 heteroatoms. The molecule has 16 heavy (non-hydrogen) atoms. The van der Waals surface area contributed by atoms with Gasteiger partial charge in [-0.15, -0.1) is 16.5 Å². The lowest BCUT2D eigenvalue weighted by Gasteiger charge is -2.00. The molecule has 0 fully saturated rings. The van der Waals surface area contributed by atoms with Crippen molar-refractivity contribution >= 4 is 11.8 Å². The third-order valence-electron chi connectivity index (χ3n) is 2.08. The van der Waals surface area contributed by atoms with E-state index in [1.54, 1.807) is 18.2 Å². The molecular weight excluding hydrogens is 228 g/mol. The molecule has 0 aliphatic rings. The van der Waals surface area contributed by atoms with E-state index in [1.807, 2.05) is 12.3 Å². The van der Waals surface area contributed by atoms with Gasteiger partial charge in [-0.05, 0) is 24.5 Å². The standard InChI is InChI=1S/C10H9N2O3S/c1-11-9(13)12(15-10(11)14)7-4-3-5-8(6-7)16-2/h3-6H,1H2,2H3. The van der Waals surface area contributed by atoms with Gasteiger partial charge in [-0.2, -0.15) is 0 Å². The average molecular weight is 237 g/mol. The van der Waals surface area contributed by atoms with Gasteiger partial charge in [-0.25, -0.2) is 14.2 Å². The van der Waals surface area contributed by atoms with Crippen molar-refractivity contribution in [2.75, 3.05) is 6.26 Å². The molecular formula is C10H9N2O3S. The molecule has 0 unspecified atom stereocenters. The van der Waals surface area contributed by atoms with Crippen LogP contribution >= 0.6 is 11.8 Å². The van der Waals surface area contributed by atoms with Crippen molar-refractivity contribution in [3.63, 3.8) is 0 Å². The second-order valence-corrected chi connectivity index (χ2v) is 3.94. The van der Waals surface area contributed by atoms with Crippen molar-refractivity contribution in [1.82, 2.24) is 9.31 Å². The van der Waals surface area contributed by atoms with Crippen LogP contribution in [0.25, 0.3) is 5.69 Å². The first kappa shape index (κ1) is 10.8. The van der Waals surface area contributed by atoms with Crippen LogP contribution in [-0.2, 0) is 0 Å². The van der Waals surface area contributed by atoms with Crippen molar-refractivity contribution < 1.29 is 4.52 Å². The van der Waals surface area contributed by atoms with Crippen LogP contribution in [-0.4, -0.2) is 15.6 Å². The summed E-state index contributed by atoms with van der Waals surface area (Å²) in [6.45, 7) is 0. The highest BCUT2D eigenvalue weighted by atomic mass is 32.2. The van der Waals surface area contributed by atoms with Crippen LogP contribution in [0.3, 0.4) is 0 Å². The zero-order chi connectivity index (χ0) is 11.7. The Morgan fingerprint density at radius 2 is 2.12 bits per heavy atom. The zero-order valence-corrected chi connectivity index (χ0v) is 9.36. The van der Waals surface area contributed by atoms with Crippen molar-refractivity contribution in [3.05, 3.63) is 52.3 Å². The van der Waals surface area contributed by atoms with Crippen LogP contribution < -0.4 is 11.4 Å². The summed E-state index contributed by atoms with van der Waals surface area (Å²) in [5.74, 6) is -0.778.